The maximum Gasteiger partial charge on any atom is 0.379 e. The molecule has 80 valence electrons. The lowest BCUT2D eigenvalue weighted by Gasteiger charge is -2.04. The van der Waals surface area contributed by atoms with Gasteiger partial charge < -0.3 is 9.47 Å². The van der Waals surface area contributed by atoms with Gasteiger partial charge in [-0.25, -0.2) is 4.79 Å². The van der Waals surface area contributed by atoms with E-state index >= 15 is 0 Å². The van der Waals surface area contributed by atoms with Gasteiger partial charge in [0.1, 0.15) is 5.75 Å². The third kappa shape index (κ3) is 2.47. The van der Waals surface area contributed by atoms with Crippen molar-refractivity contribution in [3.05, 3.63) is 28.8 Å². The van der Waals surface area contributed by atoms with Gasteiger partial charge in [-0.3, -0.25) is 4.79 Å². The summed E-state index contributed by atoms with van der Waals surface area (Å²) < 4.78 is 9.20. The van der Waals surface area contributed by atoms with E-state index in [2.05, 4.69) is 4.74 Å². The van der Waals surface area contributed by atoms with E-state index in [4.69, 9.17) is 16.3 Å². The number of esters is 1. The fourth-order valence-corrected chi connectivity index (χ4v) is 1.27. The smallest absolute Gasteiger partial charge is 0.379 e. The van der Waals surface area contributed by atoms with Crippen molar-refractivity contribution in [2.45, 2.75) is 0 Å². The fraction of sp³-hybridized carbons (Fsp3) is 0.200. The number of carbonyl (C=O) groups is 2. The number of ether oxygens (including phenoxy) is 2. The Kier molecular flexibility index (Phi) is 3.68. The summed E-state index contributed by atoms with van der Waals surface area (Å²) in [4.78, 5) is 22.4. The van der Waals surface area contributed by atoms with Crippen LogP contribution in [0.25, 0.3) is 0 Å². The average molecular weight is 229 g/mol. The van der Waals surface area contributed by atoms with E-state index in [1.807, 2.05) is 0 Å². The van der Waals surface area contributed by atoms with Crippen LogP contribution in [-0.2, 0) is 9.53 Å². The van der Waals surface area contributed by atoms with Crippen LogP contribution in [-0.4, -0.2) is 26.0 Å². The summed E-state index contributed by atoms with van der Waals surface area (Å²) in [5.41, 5.74) is 0.101. The predicted molar refractivity (Wildman–Crippen MR) is 54.4 cm³/mol. The van der Waals surface area contributed by atoms with Crippen molar-refractivity contribution in [2.75, 3.05) is 14.2 Å². The first-order chi connectivity index (χ1) is 7.10. The molecule has 4 nitrogen and oxygen atoms in total. The Morgan fingerprint density at radius 2 is 1.93 bits per heavy atom. The molecule has 0 atom stereocenters. The van der Waals surface area contributed by atoms with E-state index in [0.29, 0.717) is 5.75 Å². The quantitative estimate of drug-likeness (QED) is 0.449. The maximum absolute atomic E-state index is 11.4. The molecule has 0 saturated carbocycles. The average Bonchev–Trinajstić information content (AvgIpc) is 2.26. The zero-order valence-electron chi connectivity index (χ0n) is 8.24. The minimum absolute atomic E-state index is 0.101. The van der Waals surface area contributed by atoms with Crippen LogP contribution in [0.2, 0.25) is 5.02 Å². The molecule has 0 amide bonds. The van der Waals surface area contributed by atoms with Crippen LogP contribution < -0.4 is 4.74 Å². The minimum atomic E-state index is -0.943. The van der Waals surface area contributed by atoms with Gasteiger partial charge >= 0.3 is 5.97 Å². The molecule has 0 heterocycles. The predicted octanol–water partition coefficient (Wildman–Crippen LogP) is 1.70. The number of benzene rings is 1. The molecule has 0 bridgehead atoms. The number of hydrogen-bond donors (Lipinski definition) is 0. The third-order valence-electron chi connectivity index (χ3n) is 1.79. The molecule has 1 aromatic rings. The molecule has 0 N–H and O–H groups in total. The summed E-state index contributed by atoms with van der Waals surface area (Å²) in [7, 11) is 2.62. The largest absolute Gasteiger partial charge is 0.497 e. The number of methoxy groups -OCH3 is 2. The number of halogens is 1. The van der Waals surface area contributed by atoms with E-state index in [0.717, 1.165) is 7.11 Å². The number of carbonyl (C=O) groups excluding carboxylic acids is 2. The van der Waals surface area contributed by atoms with Gasteiger partial charge in [0, 0.05) is 5.56 Å². The van der Waals surface area contributed by atoms with Crippen molar-refractivity contribution in [3.8, 4) is 5.75 Å². The zero-order chi connectivity index (χ0) is 11.4. The van der Waals surface area contributed by atoms with E-state index in [1.165, 1.54) is 19.2 Å². The molecule has 0 radical (unpaired) electrons. The first-order valence-electron chi connectivity index (χ1n) is 4.06. The van der Waals surface area contributed by atoms with Crippen LogP contribution in [0.15, 0.2) is 18.2 Å². The van der Waals surface area contributed by atoms with Crippen molar-refractivity contribution in [3.63, 3.8) is 0 Å². The SMILES string of the molecule is COC(=O)C(=O)c1ccc(OC)cc1Cl. The first kappa shape index (κ1) is 11.5. The molecule has 15 heavy (non-hydrogen) atoms. The standard InChI is InChI=1S/C10H9ClO4/c1-14-6-3-4-7(8(11)5-6)9(12)10(13)15-2/h3-5H,1-2H3. The maximum atomic E-state index is 11.4. The van der Waals surface area contributed by atoms with E-state index in [9.17, 15) is 9.59 Å². The molecule has 0 aliphatic carbocycles. The molecular weight excluding hydrogens is 220 g/mol. The molecule has 5 heteroatoms. The number of hydrogen-bond acceptors (Lipinski definition) is 4. The Bertz CT molecular complexity index is 400. The molecule has 0 fully saturated rings. The van der Waals surface area contributed by atoms with E-state index in [-0.39, 0.29) is 10.6 Å². The van der Waals surface area contributed by atoms with Crippen LogP contribution in [0.5, 0.6) is 5.75 Å². The summed E-state index contributed by atoms with van der Waals surface area (Å²) in [5.74, 6) is -1.20. The highest BCUT2D eigenvalue weighted by atomic mass is 35.5. The van der Waals surface area contributed by atoms with Crippen molar-refractivity contribution in [2.24, 2.45) is 0 Å². The number of rotatable bonds is 3. The Morgan fingerprint density at radius 3 is 2.40 bits per heavy atom. The van der Waals surface area contributed by atoms with E-state index < -0.39 is 11.8 Å². The summed E-state index contributed by atoms with van der Waals surface area (Å²) in [6.45, 7) is 0. The lowest BCUT2D eigenvalue weighted by Crippen LogP contribution is -2.16. The highest BCUT2D eigenvalue weighted by molar-refractivity contribution is 6.45. The van der Waals surface area contributed by atoms with Gasteiger partial charge in [0.05, 0.1) is 19.2 Å². The second-order valence-corrected chi connectivity index (χ2v) is 3.07. The summed E-state index contributed by atoms with van der Waals surface area (Å²) in [5, 5.41) is 0.157. The van der Waals surface area contributed by atoms with E-state index in [1.54, 1.807) is 6.07 Å². The lowest BCUT2D eigenvalue weighted by molar-refractivity contribution is -0.135. The Labute approximate surface area is 91.7 Å². The Hall–Kier alpha value is -1.55. The molecule has 0 aromatic heterocycles. The van der Waals surface area contributed by atoms with Crippen LogP contribution in [0, 0.1) is 0 Å². The fourth-order valence-electron chi connectivity index (χ4n) is 1.01. The van der Waals surface area contributed by atoms with Gasteiger partial charge in [0.2, 0.25) is 0 Å². The van der Waals surface area contributed by atoms with Gasteiger partial charge in [0.15, 0.2) is 0 Å². The normalized spacial score (nSPS) is 9.53. The van der Waals surface area contributed by atoms with Crippen molar-refractivity contribution >= 4 is 23.4 Å². The van der Waals surface area contributed by atoms with Crippen molar-refractivity contribution in [1.82, 2.24) is 0 Å². The van der Waals surface area contributed by atoms with Crippen LogP contribution in [0.4, 0.5) is 0 Å². The van der Waals surface area contributed by atoms with Crippen molar-refractivity contribution < 1.29 is 19.1 Å². The van der Waals surface area contributed by atoms with Gasteiger partial charge in [-0.2, -0.15) is 0 Å². The zero-order valence-corrected chi connectivity index (χ0v) is 9.00. The third-order valence-corrected chi connectivity index (χ3v) is 2.10. The second-order valence-electron chi connectivity index (χ2n) is 2.67. The lowest BCUT2D eigenvalue weighted by atomic mass is 10.1. The van der Waals surface area contributed by atoms with Gasteiger partial charge in [-0.05, 0) is 18.2 Å². The van der Waals surface area contributed by atoms with Crippen LogP contribution in [0.3, 0.4) is 0 Å². The topological polar surface area (TPSA) is 52.6 Å². The molecule has 0 unspecified atom stereocenters. The molecule has 0 aliphatic heterocycles. The number of ketones is 1. The summed E-state index contributed by atoms with van der Waals surface area (Å²) >= 11 is 5.80. The molecule has 1 rings (SSSR count). The number of Topliss-reactive ketones (excluding diaryl/α,β-unsaturated/α-hetero) is 1. The summed E-state index contributed by atoms with van der Waals surface area (Å²) in [6.07, 6.45) is 0. The van der Waals surface area contributed by atoms with Crippen molar-refractivity contribution in [1.29, 1.82) is 0 Å². The molecule has 0 spiro atoms. The Balaban J connectivity index is 3.06. The molecular formula is C10H9ClO4. The van der Waals surface area contributed by atoms with Gasteiger partial charge in [-0.15, -0.1) is 0 Å². The highest BCUT2D eigenvalue weighted by Gasteiger charge is 2.19. The van der Waals surface area contributed by atoms with Gasteiger partial charge in [-0.1, -0.05) is 11.6 Å². The first-order valence-corrected chi connectivity index (χ1v) is 4.44. The Morgan fingerprint density at radius 1 is 1.27 bits per heavy atom. The molecule has 0 saturated heterocycles. The van der Waals surface area contributed by atoms with Crippen LogP contribution >= 0.6 is 11.6 Å². The molecule has 1 aromatic carbocycles. The minimum Gasteiger partial charge on any atom is -0.497 e. The van der Waals surface area contributed by atoms with Crippen LogP contribution in [0.1, 0.15) is 10.4 Å². The molecule has 0 aliphatic rings. The van der Waals surface area contributed by atoms with Gasteiger partial charge in [0.25, 0.3) is 5.78 Å². The monoisotopic (exact) mass is 228 g/mol. The summed E-state index contributed by atoms with van der Waals surface area (Å²) in [6, 6.07) is 4.42. The second kappa shape index (κ2) is 4.79. The highest BCUT2D eigenvalue weighted by Crippen LogP contribution is 2.22.